The Bertz CT molecular complexity index is 557. The number of hydrogen-bond donors (Lipinski definition) is 4. The van der Waals surface area contributed by atoms with Gasteiger partial charge in [-0.3, -0.25) is 0 Å². The summed E-state index contributed by atoms with van der Waals surface area (Å²) in [6.07, 6.45) is 0. The van der Waals surface area contributed by atoms with E-state index in [4.69, 9.17) is 0 Å². The number of hydrogen-bond acceptors (Lipinski definition) is 4. The zero-order valence-electron chi connectivity index (χ0n) is 11.0. The molecular weight excluding hydrogens is 278 g/mol. The molecule has 1 aliphatic rings. The van der Waals surface area contributed by atoms with Crippen molar-refractivity contribution in [2.24, 2.45) is 5.10 Å². The molecule has 20 heavy (non-hydrogen) atoms. The van der Waals surface area contributed by atoms with Crippen LogP contribution in [0, 0.1) is 0 Å². The fraction of sp³-hybridized carbons (Fsp3) is 0.250. The summed E-state index contributed by atoms with van der Waals surface area (Å²) in [4.78, 5) is 22.6. The molecular formula is C12H15N5O2S. The number of rotatable bonds is 2. The van der Waals surface area contributed by atoms with Gasteiger partial charge in [0.1, 0.15) is 0 Å². The standard InChI is InChI=1S/C12H15N5O2S/c1-7-10(15-16-11(18)14-7)8-3-5-9(6-4-8)17(20)12(19)13-2/h3-7,20H,1-2H3,(H,13,19)(H2,14,16,18). The van der Waals surface area contributed by atoms with Crippen LogP contribution >= 0.6 is 12.8 Å². The van der Waals surface area contributed by atoms with Crippen LogP contribution in [-0.2, 0) is 0 Å². The van der Waals surface area contributed by atoms with Gasteiger partial charge in [0.2, 0.25) is 0 Å². The van der Waals surface area contributed by atoms with Gasteiger partial charge in [0.15, 0.2) is 0 Å². The van der Waals surface area contributed by atoms with Gasteiger partial charge < -0.3 is 10.6 Å². The molecule has 0 bridgehead atoms. The first-order chi connectivity index (χ1) is 9.52. The van der Waals surface area contributed by atoms with Crippen LogP contribution < -0.4 is 20.4 Å². The number of hydrazone groups is 1. The molecule has 2 rings (SSSR count). The van der Waals surface area contributed by atoms with Crippen LogP contribution in [0.5, 0.6) is 0 Å². The molecule has 1 atom stereocenters. The van der Waals surface area contributed by atoms with Gasteiger partial charge in [-0.1, -0.05) is 24.9 Å². The van der Waals surface area contributed by atoms with E-state index in [0.717, 1.165) is 11.3 Å². The maximum atomic E-state index is 11.4. The van der Waals surface area contributed by atoms with Crippen molar-refractivity contribution in [3.05, 3.63) is 29.8 Å². The van der Waals surface area contributed by atoms with Crippen LogP contribution in [-0.4, -0.2) is 30.9 Å². The highest BCUT2D eigenvalue weighted by Crippen LogP contribution is 2.18. The van der Waals surface area contributed by atoms with Gasteiger partial charge in [0.25, 0.3) is 0 Å². The predicted octanol–water partition coefficient (Wildman–Crippen LogP) is 1.08. The summed E-state index contributed by atoms with van der Waals surface area (Å²) in [7, 11) is 1.53. The van der Waals surface area contributed by atoms with E-state index in [0.29, 0.717) is 5.69 Å². The monoisotopic (exact) mass is 293 g/mol. The summed E-state index contributed by atoms with van der Waals surface area (Å²) >= 11 is 4.11. The van der Waals surface area contributed by atoms with Crippen molar-refractivity contribution in [1.82, 2.24) is 16.1 Å². The van der Waals surface area contributed by atoms with Crippen molar-refractivity contribution in [2.75, 3.05) is 11.4 Å². The number of carbonyl (C=O) groups excluding carboxylic acids is 2. The molecule has 1 aromatic rings. The number of thiol groups is 1. The van der Waals surface area contributed by atoms with Crippen molar-refractivity contribution in [2.45, 2.75) is 13.0 Å². The van der Waals surface area contributed by atoms with Gasteiger partial charge in [0, 0.05) is 12.6 Å². The molecule has 0 spiro atoms. The van der Waals surface area contributed by atoms with Crippen molar-refractivity contribution in [1.29, 1.82) is 0 Å². The Morgan fingerprint density at radius 2 is 2.05 bits per heavy atom. The lowest BCUT2D eigenvalue weighted by molar-refractivity contribution is 0.238. The molecule has 106 valence electrons. The average Bonchev–Trinajstić information content (AvgIpc) is 2.46. The van der Waals surface area contributed by atoms with Crippen LogP contribution in [0.15, 0.2) is 29.4 Å². The van der Waals surface area contributed by atoms with Gasteiger partial charge in [-0.15, -0.1) is 0 Å². The highest BCUT2D eigenvalue weighted by molar-refractivity contribution is 7.82. The number of nitrogens with one attached hydrogen (secondary N) is 3. The van der Waals surface area contributed by atoms with Crippen molar-refractivity contribution in [3.8, 4) is 0 Å². The molecule has 3 N–H and O–H groups in total. The van der Waals surface area contributed by atoms with Gasteiger partial charge in [-0.25, -0.2) is 19.3 Å². The normalized spacial score (nSPS) is 17.6. The topological polar surface area (TPSA) is 85.8 Å². The van der Waals surface area contributed by atoms with Gasteiger partial charge in [-0.2, -0.15) is 5.10 Å². The Morgan fingerprint density at radius 1 is 1.40 bits per heavy atom. The van der Waals surface area contributed by atoms with E-state index in [-0.39, 0.29) is 18.1 Å². The summed E-state index contributed by atoms with van der Waals surface area (Å²) in [6, 6.07) is 6.32. The van der Waals surface area contributed by atoms with Crippen LogP contribution in [0.2, 0.25) is 0 Å². The molecule has 7 nitrogen and oxygen atoms in total. The number of benzene rings is 1. The van der Waals surface area contributed by atoms with E-state index < -0.39 is 0 Å². The third kappa shape index (κ3) is 2.85. The lowest BCUT2D eigenvalue weighted by Crippen LogP contribution is -2.48. The third-order valence-electron chi connectivity index (χ3n) is 2.85. The SMILES string of the molecule is CNC(=O)N(S)c1ccc(C2=NNC(=O)NC2C)cc1. The van der Waals surface area contributed by atoms with Crippen molar-refractivity contribution >= 4 is 36.3 Å². The zero-order valence-corrected chi connectivity index (χ0v) is 11.9. The second kappa shape index (κ2) is 5.83. The second-order valence-corrected chi connectivity index (χ2v) is 4.62. The highest BCUT2D eigenvalue weighted by atomic mass is 32.1. The lowest BCUT2D eigenvalue weighted by Gasteiger charge is -2.21. The van der Waals surface area contributed by atoms with E-state index in [1.807, 2.05) is 19.1 Å². The van der Waals surface area contributed by atoms with Crippen LogP contribution in [0.1, 0.15) is 12.5 Å². The van der Waals surface area contributed by atoms with E-state index in [9.17, 15) is 9.59 Å². The van der Waals surface area contributed by atoms with E-state index >= 15 is 0 Å². The first-order valence-electron chi connectivity index (χ1n) is 5.98. The highest BCUT2D eigenvalue weighted by Gasteiger charge is 2.20. The Kier molecular flexibility index (Phi) is 4.14. The summed E-state index contributed by atoms with van der Waals surface area (Å²) in [5, 5.41) is 9.23. The Labute approximate surface area is 122 Å². The van der Waals surface area contributed by atoms with E-state index in [1.165, 1.54) is 11.4 Å². The fourth-order valence-corrected chi connectivity index (χ4v) is 2.05. The number of nitrogens with zero attached hydrogens (tertiary/aromatic N) is 2. The Hall–Kier alpha value is -2.22. The molecule has 1 aliphatic heterocycles. The van der Waals surface area contributed by atoms with Gasteiger partial charge in [-0.05, 0) is 19.1 Å². The smallest absolute Gasteiger partial charge is 0.335 e. The summed E-state index contributed by atoms with van der Waals surface area (Å²) in [6.45, 7) is 1.85. The molecule has 0 radical (unpaired) electrons. The van der Waals surface area contributed by atoms with Crippen LogP contribution in [0.3, 0.4) is 0 Å². The minimum atomic E-state index is -0.321. The quantitative estimate of drug-likeness (QED) is 0.615. The Balaban J connectivity index is 2.20. The summed E-state index contributed by atoms with van der Waals surface area (Å²) < 4.78 is 1.20. The average molecular weight is 293 g/mol. The first kappa shape index (κ1) is 14.2. The van der Waals surface area contributed by atoms with E-state index in [1.54, 1.807) is 12.1 Å². The first-order valence-corrected chi connectivity index (χ1v) is 6.38. The molecule has 0 fully saturated rings. The molecule has 4 amide bonds. The van der Waals surface area contributed by atoms with Crippen molar-refractivity contribution < 1.29 is 9.59 Å². The minimum Gasteiger partial charge on any atom is -0.340 e. The summed E-state index contributed by atoms with van der Waals surface area (Å²) in [5.74, 6) is 0. The predicted molar refractivity (Wildman–Crippen MR) is 80.0 cm³/mol. The third-order valence-corrected chi connectivity index (χ3v) is 3.26. The molecule has 0 saturated heterocycles. The molecule has 8 heteroatoms. The molecule has 1 heterocycles. The Morgan fingerprint density at radius 3 is 2.60 bits per heavy atom. The van der Waals surface area contributed by atoms with Crippen molar-refractivity contribution in [3.63, 3.8) is 0 Å². The molecule has 0 aromatic heterocycles. The molecule has 0 saturated carbocycles. The zero-order chi connectivity index (χ0) is 14.7. The fourth-order valence-electron chi connectivity index (χ4n) is 1.82. The van der Waals surface area contributed by atoms with Gasteiger partial charge in [0.05, 0.1) is 17.4 Å². The maximum Gasteiger partial charge on any atom is 0.335 e. The molecule has 1 aromatic carbocycles. The largest absolute Gasteiger partial charge is 0.340 e. The number of anilines is 1. The van der Waals surface area contributed by atoms with Gasteiger partial charge >= 0.3 is 12.1 Å². The van der Waals surface area contributed by atoms with Crippen LogP contribution in [0.25, 0.3) is 0 Å². The maximum absolute atomic E-state index is 11.4. The van der Waals surface area contributed by atoms with E-state index in [2.05, 4.69) is 34.0 Å². The molecule has 1 unspecified atom stereocenters. The number of urea groups is 2. The summed E-state index contributed by atoms with van der Waals surface area (Å²) in [5.41, 5.74) is 4.59. The van der Waals surface area contributed by atoms with Crippen LogP contribution in [0.4, 0.5) is 15.3 Å². The number of carbonyl (C=O) groups is 2. The lowest BCUT2D eigenvalue weighted by atomic mass is 10.0. The number of amides is 4. The second-order valence-electron chi connectivity index (χ2n) is 4.22. The molecule has 0 aliphatic carbocycles. The minimum absolute atomic E-state index is 0.180.